The molecule has 0 aliphatic heterocycles. The van der Waals surface area contributed by atoms with E-state index in [4.69, 9.17) is 0 Å². The fourth-order valence-electron chi connectivity index (χ4n) is 3.26. The van der Waals surface area contributed by atoms with E-state index in [0.29, 0.717) is 6.04 Å². The largest absolute Gasteiger partial charge is 0.349 e. The molecule has 1 aliphatic rings. The number of rotatable bonds is 4. The molecule has 21 heavy (non-hydrogen) atoms. The van der Waals surface area contributed by atoms with Crippen LogP contribution in [-0.2, 0) is 13.0 Å². The Morgan fingerprint density at radius 3 is 3.00 bits per heavy atom. The van der Waals surface area contributed by atoms with Crippen LogP contribution in [0.5, 0.6) is 0 Å². The minimum atomic E-state index is 0.492. The van der Waals surface area contributed by atoms with Crippen molar-refractivity contribution in [3.63, 3.8) is 0 Å². The van der Waals surface area contributed by atoms with Crippen LogP contribution < -0.4 is 5.32 Å². The first-order valence-electron chi connectivity index (χ1n) is 7.71. The van der Waals surface area contributed by atoms with Crippen LogP contribution in [0.15, 0.2) is 36.7 Å². The van der Waals surface area contributed by atoms with Gasteiger partial charge in [-0.15, -0.1) is 0 Å². The molecule has 1 unspecified atom stereocenters. The topological polar surface area (TPSA) is 40.8 Å². The summed E-state index contributed by atoms with van der Waals surface area (Å²) in [5.41, 5.74) is 4.76. The zero-order valence-corrected chi connectivity index (χ0v) is 12.5. The maximum Gasteiger partial charge on any atom is 0.0995 e. The third kappa shape index (κ3) is 2.86. The highest BCUT2D eigenvalue weighted by Crippen LogP contribution is 2.30. The number of fused-ring (bicyclic) bond motifs is 1. The van der Waals surface area contributed by atoms with Gasteiger partial charge in [0.15, 0.2) is 0 Å². The Balaban J connectivity index is 1.86. The number of hydrogen-bond acceptors (Lipinski definition) is 2. The smallest absolute Gasteiger partial charge is 0.0995 e. The van der Waals surface area contributed by atoms with Gasteiger partial charge in [0.1, 0.15) is 0 Å². The third-order valence-corrected chi connectivity index (χ3v) is 4.25. The van der Waals surface area contributed by atoms with E-state index in [0.717, 1.165) is 24.2 Å². The molecule has 3 nitrogen and oxygen atoms in total. The lowest BCUT2D eigenvalue weighted by molar-refractivity contribution is 0.473. The maximum absolute atomic E-state index is 9.20. The van der Waals surface area contributed by atoms with E-state index >= 15 is 0 Å². The summed E-state index contributed by atoms with van der Waals surface area (Å²) in [4.78, 5) is 0. The lowest BCUT2D eigenvalue weighted by Crippen LogP contribution is -2.23. The Bertz CT molecular complexity index is 663. The van der Waals surface area contributed by atoms with E-state index in [-0.39, 0.29) is 0 Å². The van der Waals surface area contributed by atoms with Crippen molar-refractivity contribution >= 4 is 0 Å². The molecule has 3 rings (SSSR count). The summed E-state index contributed by atoms with van der Waals surface area (Å²) >= 11 is 0. The fourth-order valence-corrected chi connectivity index (χ4v) is 3.26. The molecule has 108 valence electrons. The molecule has 0 saturated heterocycles. The van der Waals surface area contributed by atoms with E-state index in [1.807, 2.05) is 24.3 Å². The number of nitrogens with zero attached hydrogens (tertiary/aromatic N) is 2. The highest BCUT2D eigenvalue weighted by molar-refractivity contribution is 5.38. The molecule has 1 N–H and O–H groups in total. The summed E-state index contributed by atoms with van der Waals surface area (Å²) in [5, 5.41) is 12.8. The molecule has 1 aromatic heterocycles. The van der Waals surface area contributed by atoms with Gasteiger partial charge in [0.25, 0.3) is 0 Å². The molecule has 1 aromatic carbocycles. The van der Waals surface area contributed by atoms with Crippen LogP contribution in [0.4, 0.5) is 0 Å². The van der Waals surface area contributed by atoms with E-state index in [1.165, 1.54) is 30.4 Å². The second-order valence-corrected chi connectivity index (χ2v) is 5.68. The van der Waals surface area contributed by atoms with Crippen molar-refractivity contribution < 1.29 is 0 Å². The number of benzene rings is 1. The summed E-state index contributed by atoms with van der Waals surface area (Å²) in [5.74, 6) is 0. The highest BCUT2D eigenvalue weighted by atomic mass is 15.0. The minimum Gasteiger partial charge on any atom is -0.349 e. The van der Waals surface area contributed by atoms with E-state index in [2.05, 4.69) is 35.3 Å². The molecule has 1 aliphatic carbocycles. The van der Waals surface area contributed by atoms with Crippen LogP contribution in [0.25, 0.3) is 0 Å². The number of aryl methyl sites for hydroxylation is 1. The third-order valence-electron chi connectivity index (χ3n) is 4.25. The Morgan fingerprint density at radius 1 is 1.33 bits per heavy atom. The highest BCUT2D eigenvalue weighted by Gasteiger charge is 2.21. The molecular weight excluding hydrogens is 258 g/mol. The van der Waals surface area contributed by atoms with Gasteiger partial charge in [-0.1, -0.05) is 25.1 Å². The van der Waals surface area contributed by atoms with Gasteiger partial charge >= 0.3 is 0 Å². The molecule has 0 spiro atoms. The van der Waals surface area contributed by atoms with Crippen LogP contribution in [0.1, 0.15) is 48.1 Å². The monoisotopic (exact) mass is 279 g/mol. The zero-order valence-electron chi connectivity index (χ0n) is 12.5. The van der Waals surface area contributed by atoms with Crippen LogP contribution >= 0.6 is 0 Å². The summed E-state index contributed by atoms with van der Waals surface area (Å²) in [6.07, 6.45) is 8.16. The standard InChI is InChI=1S/C18H21N3/c1-2-20-18-9-5-8-16-12-21(13-17(16)18)11-15-7-4-3-6-14(15)10-19/h3-4,6-7,12-13,18,20H,2,5,8-9,11H2,1H3. The molecule has 1 heterocycles. The summed E-state index contributed by atoms with van der Waals surface area (Å²) < 4.78 is 2.23. The lowest BCUT2D eigenvalue weighted by Gasteiger charge is -2.22. The number of hydrogen-bond donors (Lipinski definition) is 1. The quantitative estimate of drug-likeness (QED) is 0.932. The van der Waals surface area contributed by atoms with Gasteiger partial charge in [0, 0.05) is 25.0 Å². The van der Waals surface area contributed by atoms with E-state index in [1.54, 1.807) is 0 Å². The Labute approximate surface area is 126 Å². The fraction of sp³-hybridized carbons (Fsp3) is 0.389. The van der Waals surface area contributed by atoms with Gasteiger partial charge in [0.2, 0.25) is 0 Å². The number of nitriles is 1. The average Bonchev–Trinajstić information content (AvgIpc) is 2.92. The lowest BCUT2D eigenvalue weighted by atomic mass is 9.91. The van der Waals surface area contributed by atoms with Gasteiger partial charge in [-0.2, -0.15) is 5.26 Å². The van der Waals surface area contributed by atoms with Crippen molar-refractivity contribution in [1.29, 1.82) is 5.26 Å². The Morgan fingerprint density at radius 2 is 2.19 bits per heavy atom. The van der Waals surface area contributed by atoms with Gasteiger partial charge in [-0.05, 0) is 48.6 Å². The molecule has 0 fully saturated rings. The molecule has 2 aromatic rings. The van der Waals surface area contributed by atoms with Crippen LogP contribution in [0.3, 0.4) is 0 Å². The summed E-state index contributed by atoms with van der Waals surface area (Å²) in [6, 6.07) is 10.6. The molecule has 0 radical (unpaired) electrons. The normalized spacial score (nSPS) is 17.2. The molecule has 0 amide bonds. The molecule has 1 atom stereocenters. The van der Waals surface area contributed by atoms with Gasteiger partial charge in [-0.25, -0.2) is 0 Å². The van der Waals surface area contributed by atoms with E-state index in [9.17, 15) is 5.26 Å². The zero-order chi connectivity index (χ0) is 14.7. The Hall–Kier alpha value is -2.05. The van der Waals surface area contributed by atoms with Crippen molar-refractivity contribution in [2.45, 2.75) is 38.8 Å². The second kappa shape index (κ2) is 6.15. The Kier molecular flexibility index (Phi) is 4.08. The predicted molar refractivity (Wildman–Crippen MR) is 84.0 cm³/mol. The van der Waals surface area contributed by atoms with Crippen molar-refractivity contribution in [3.8, 4) is 6.07 Å². The minimum absolute atomic E-state index is 0.492. The number of nitrogens with one attached hydrogen (secondary N) is 1. The summed E-state index contributed by atoms with van der Waals surface area (Å²) in [6.45, 7) is 3.94. The summed E-state index contributed by atoms with van der Waals surface area (Å²) in [7, 11) is 0. The van der Waals surface area contributed by atoms with E-state index < -0.39 is 0 Å². The van der Waals surface area contributed by atoms with Crippen molar-refractivity contribution in [1.82, 2.24) is 9.88 Å². The van der Waals surface area contributed by atoms with Crippen molar-refractivity contribution in [3.05, 3.63) is 58.9 Å². The first-order valence-corrected chi connectivity index (χ1v) is 7.71. The number of aromatic nitrogens is 1. The molecular formula is C18H21N3. The predicted octanol–water partition coefficient (Wildman–Crippen LogP) is 3.39. The van der Waals surface area contributed by atoms with Gasteiger partial charge in [-0.3, -0.25) is 0 Å². The maximum atomic E-state index is 9.20. The van der Waals surface area contributed by atoms with Crippen LogP contribution in [0.2, 0.25) is 0 Å². The molecule has 0 bridgehead atoms. The SMILES string of the molecule is CCNC1CCCc2cn(Cc3ccccc3C#N)cc21. The second-order valence-electron chi connectivity index (χ2n) is 5.68. The van der Waals surface area contributed by atoms with Gasteiger partial charge < -0.3 is 9.88 Å². The van der Waals surface area contributed by atoms with Gasteiger partial charge in [0.05, 0.1) is 11.6 Å². The van der Waals surface area contributed by atoms with Crippen molar-refractivity contribution in [2.24, 2.45) is 0 Å². The van der Waals surface area contributed by atoms with Crippen LogP contribution in [0, 0.1) is 11.3 Å². The van der Waals surface area contributed by atoms with Crippen LogP contribution in [-0.4, -0.2) is 11.1 Å². The average molecular weight is 279 g/mol. The molecule has 3 heteroatoms. The van der Waals surface area contributed by atoms with Crippen molar-refractivity contribution in [2.75, 3.05) is 6.54 Å². The molecule has 0 saturated carbocycles. The first kappa shape index (κ1) is 13.9. The first-order chi connectivity index (χ1) is 10.3.